The minimum Gasteiger partial charge on any atom is -0.405 e. The van der Waals surface area contributed by atoms with Crippen LogP contribution in [-0.4, -0.2) is 47.7 Å². The molecule has 4 rings (SSSR count). The maximum atomic E-state index is 12.9. The standard InChI is InChI=1S/C23H24F3N5O4/c24-23(25,26)35-19-3-1-2-16-15(19)10-18(30-16)22(34)31-17(8-12-4-5-12)21(33)29-14(11-27)9-13-6-7-28-20(13)32/h1-3,10,12-14,17,30H,4-9H2,(H,28,32)(H,29,33)(H,31,34). The number of fused-ring (bicyclic) bond motifs is 1. The van der Waals surface area contributed by atoms with Gasteiger partial charge in [0.2, 0.25) is 11.8 Å². The van der Waals surface area contributed by atoms with Crippen LogP contribution in [0.25, 0.3) is 10.9 Å². The number of H-pyrrole nitrogens is 1. The Kier molecular flexibility index (Phi) is 6.86. The molecule has 9 nitrogen and oxygen atoms in total. The smallest absolute Gasteiger partial charge is 0.405 e. The summed E-state index contributed by atoms with van der Waals surface area (Å²) in [5.74, 6) is -1.95. The van der Waals surface area contributed by atoms with Gasteiger partial charge < -0.3 is 25.7 Å². The van der Waals surface area contributed by atoms with Crippen molar-refractivity contribution >= 4 is 28.6 Å². The molecule has 0 bridgehead atoms. The average Bonchev–Trinajstić information content (AvgIpc) is 3.34. The van der Waals surface area contributed by atoms with Gasteiger partial charge in [0.05, 0.1) is 6.07 Å². The number of hydrogen-bond acceptors (Lipinski definition) is 5. The molecule has 1 aliphatic heterocycles. The van der Waals surface area contributed by atoms with Crippen LogP contribution in [0.2, 0.25) is 0 Å². The van der Waals surface area contributed by atoms with Crippen molar-refractivity contribution < 1.29 is 32.3 Å². The van der Waals surface area contributed by atoms with E-state index in [1.807, 2.05) is 6.07 Å². The third kappa shape index (κ3) is 6.23. The Morgan fingerprint density at radius 2 is 1.97 bits per heavy atom. The molecule has 0 spiro atoms. The van der Waals surface area contributed by atoms with Crippen molar-refractivity contribution in [3.63, 3.8) is 0 Å². The maximum absolute atomic E-state index is 12.9. The van der Waals surface area contributed by atoms with E-state index in [-0.39, 0.29) is 40.8 Å². The highest BCUT2D eigenvalue weighted by Crippen LogP contribution is 2.34. The van der Waals surface area contributed by atoms with E-state index in [0.717, 1.165) is 18.9 Å². The Bertz CT molecular complexity index is 1170. The molecule has 1 saturated heterocycles. The van der Waals surface area contributed by atoms with Crippen LogP contribution < -0.4 is 20.7 Å². The fraction of sp³-hybridized carbons (Fsp3) is 0.478. The summed E-state index contributed by atoms with van der Waals surface area (Å²) < 4.78 is 42.1. The summed E-state index contributed by atoms with van der Waals surface area (Å²) in [7, 11) is 0. The molecule has 12 heteroatoms. The van der Waals surface area contributed by atoms with Crippen LogP contribution in [0.4, 0.5) is 13.2 Å². The molecule has 1 saturated carbocycles. The average molecular weight is 491 g/mol. The lowest BCUT2D eigenvalue weighted by Gasteiger charge is -2.21. The topological polar surface area (TPSA) is 136 Å². The van der Waals surface area contributed by atoms with Gasteiger partial charge in [-0.25, -0.2) is 0 Å². The number of halogens is 3. The number of benzene rings is 1. The molecule has 1 aromatic carbocycles. The van der Waals surface area contributed by atoms with Crippen molar-refractivity contribution in [3.05, 3.63) is 30.0 Å². The van der Waals surface area contributed by atoms with Gasteiger partial charge in [-0.15, -0.1) is 13.2 Å². The molecule has 1 aromatic heterocycles. The molecule has 3 amide bonds. The third-order valence-corrected chi connectivity index (χ3v) is 6.14. The quantitative estimate of drug-likeness (QED) is 0.427. The molecule has 1 aliphatic carbocycles. The van der Waals surface area contributed by atoms with Crippen molar-refractivity contribution in [1.29, 1.82) is 5.26 Å². The Morgan fingerprint density at radius 1 is 1.20 bits per heavy atom. The third-order valence-electron chi connectivity index (χ3n) is 6.14. The summed E-state index contributed by atoms with van der Waals surface area (Å²) in [6, 6.07) is 5.38. The van der Waals surface area contributed by atoms with Gasteiger partial charge in [-0.2, -0.15) is 5.26 Å². The van der Waals surface area contributed by atoms with E-state index < -0.39 is 36.0 Å². The number of ether oxygens (including phenoxy) is 1. The van der Waals surface area contributed by atoms with Gasteiger partial charge in [0.1, 0.15) is 23.5 Å². The number of nitrogens with one attached hydrogen (secondary N) is 4. The van der Waals surface area contributed by atoms with Gasteiger partial charge in [0, 0.05) is 23.4 Å². The molecule has 3 unspecified atom stereocenters. The molecule has 186 valence electrons. The van der Waals surface area contributed by atoms with E-state index in [1.54, 1.807) is 0 Å². The van der Waals surface area contributed by atoms with Gasteiger partial charge in [0.15, 0.2) is 0 Å². The number of hydrogen-bond donors (Lipinski definition) is 4. The summed E-state index contributed by atoms with van der Waals surface area (Å²) in [6.07, 6.45) is -1.96. The number of carbonyl (C=O) groups excluding carboxylic acids is 3. The van der Waals surface area contributed by atoms with Gasteiger partial charge >= 0.3 is 6.36 Å². The van der Waals surface area contributed by atoms with Crippen LogP contribution in [0.5, 0.6) is 5.75 Å². The zero-order valence-electron chi connectivity index (χ0n) is 18.6. The highest BCUT2D eigenvalue weighted by Gasteiger charge is 2.34. The molecule has 2 aromatic rings. The first-order valence-corrected chi connectivity index (χ1v) is 11.3. The van der Waals surface area contributed by atoms with Gasteiger partial charge in [-0.05, 0) is 43.4 Å². The monoisotopic (exact) mass is 491 g/mol. The largest absolute Gasteiger partial charge is 0.573 e. The minimum atomic E-state index is -4.89. The van der Waals surface area contributed by atoms with Crippen molar-refractivity contribution in [1.82, 2.24) is 20.9 Å². The van der Waals surface area contributed by atoms with Crippen LogP contribution in [0.1, 0.15) is 42.6 Å². The first-order valence-electron chi connectivity index (χ1n) is 11.3. The number of aromatic nitrogens is 1. The number of rotatable bonds is 9. The summed E-state index contributed by atoms with van der Waals surface area (Å²) in [4.78, 5) is 40.4. The highest BCUT2D eigenvalue weighted by atomic mass is 19.4. The predicted octanol–water partition coefficient (Wildman–Crippen LogP) is 2.50. The number of nitriles is 1. The number of alkyl halides is 3. The van der Waals surface area contributed by atoms with Crippen molar-refractivity contribution in [2.45, 2.75) is 50.6 Å². The molecular weight excluding hydrogens is 467 g/mol. The summed E-state index contributed by atoms with van der Waals surface area (Å²) in [6.45, 7) is 0.524. The number of carbonyl (C=O) groups is 3. The lowest BCUT2D eigenvalue weighted by molar-refractivity contribution is -0.274. The van der Waals surface area contributed by atoms with E-state index in [1.165, 1.54) is 18.2 Å². The molecule has 2 heterocycles. The summed E-state index contributed by atoms with van der Waals surface area (Å²) >= 11 is 0. The molecule has 35 heavy (non-hydrogen) atoms. The van der Waals surface area contributed by atoms with Crippen molar-refractivity contribution in [2.75, 3.05) is 6.54 Å². The van der Waals surface area contributed by atoms with Gasteiger partial charge in [-0.3, -0.25) is 14.4 Å². The minimum absolute atomic E-state index is 0.0359. The normalized spacial score (nSPS) is 19.5. The van der Waals surface area contributed by atoms with Gasteiger partial charge in [-0.1, -0.05) is 18.9 Å². The zero-order valence-corrected chi connectivity index (χ0v) is 18.6. The first kappa shape index (κ1) is 24.4. The Morgan fingerprint density at radius 3 is 2.60 bits per heavy atom. The van der Waals surface area contributed by atoms with Crippen LogP contribution in [0, 0.1) is 23.2 Å². The summed E-state index contributed by atoms with van der Waals surface area (Å²) in [5.41, 5.74) is 0.228. The zero-order chi connectivity index (χ0) is 25.2. The number of aromatic amines is 1. The van der Waals surface area contributed by atoms with E-state index in [4.69, 9.17) is 0 Å². The lowest BCUT2D eigenvalue weighted by Crippen LogP contribution is -2.50. The van der Waals surface area contributed by atoms with Crippen LogP contribution in [0.3, 0.4) is 0 Å². The predicted molar refractivity (Wildman–Crippen MR) is 117 cm³/mol. The molecular formula is C23H24F3N5O4. The van der Waals surface area contributed by atoms with E-state index >= 15 is 0 Å². The lowest BCUT2D eigenvalue weighted by atomic mass is 9.98. The second-order valence-electron chi connectivity index (χ2n) is 8.86. The SMILES string of the molecule is N#CC(CC1CCNC1=O)NC(=O)C(CC1CC1)NC(=O)c1cc2c(OC(F)(F)F)cccc2[nH]1. The summed E-state index contributed by atoms with van der Waals surface area (Å²) in [5, 5.41) is 17.5. The molecule has 0 radical (unpaired) electrons. The molecule has 4 N–H and O–H groups in total. The van der Waals surface area contributed by atoms with Crippen molar-refractivity contribution in [3.8, 4) is 11.8 Å². The fourth-order valence-corrected chi connectivity index (χ4v) is 4.19. The van der Waals surface area contributed by atoms with Crippen molar-refractivity contribution in [2.24, 2.45) is 11.8 Å². The molecule has 2 aliphatic rings. The Hall–Kier alpha value is -3.75. The van der Waals surface area contributed by atoms with Gasteiger partial charge in [0.25, 0.3) is 5.91 Å². The first-order chi connectivity index (χ1) is 16.6. The van der Waals surface area contributed by atoms with Crippen LogP contribution in [0.15, 0.2) is 24.3 Å². The Balaban J connectivity index is 1.46. The fourth-order valence-electron chi connectivity index (χ4n) is 4.19. The second kappa shape index (κ2) is 9.85. The van der Waals surface area contributed by atoms with E-state index in [9.17, 15) is 32.8 Å². The highest BCUT2D eigenvalue weighted by molar-refractivity contribution is 6.01. The van der Waals surface area contributed by atoms with Crippen LogP contribution >= 0.6 is 0 Å². The Labute approximate surface area is 198 Å². The maximum Gasteiger partial charge on any atom is 0.573 e. The second-order valence-corrected chi connectivity index (χ2v) is 8.86. The number of amides is 3. The van der Waals surface area contributed by atoms with E-state index in [0.29, 0.717) is 19.4 Å². The van der Waals surface area contributed by atoms with E-state index in [2.05, 4.69) is 25.7 Å². The molecule has 2 fully saturated rings. The number of nitrogens with zero attached hydrogens (tertiary/aromatic N) is 1. The van der Waals surface area contributed by atoms with Crippen LogP contribution in [-0.2, 0) is 9.59 Å². The molecule has 3 atom stereocenters.